The van der Waals surface area contributed by atoms with Gasteiger partial charge in [0.1, 0.15) is 0 Å². The van der Waals surface area contributed by atoms with Crippen LogP contribution in [-0.4, -0.2) is 10.9 Å². The molecule has 0 aliphatic heterocycles. The molecule has 0 atom stereocenters. The van der Waals surface area contributed by atoms with Crippen LogP contribution in [0.3, 0.4) is 0 Å². The van der Waals surface area contributed by atoms with Gasteiger partial charge in [-0.15, -0.1) is 11.3 Å². The van der Waals surface area contributed by atoms with Crippen LogP contribution in [0.15, 0.2) is 96.0 Å². The molecule has 0 bridgehead atoms. The van der Waals surface area contributed by atoms with Gasteiger partial charge in [-0.1, -0.05) is 78.9 Å². The maximum absolute atomic E-state index is 4.79. The minimum absolute atomic E-state index is 0.678. The van der Waals surface area contributed by atoms with Gasteiger partial charge in [0.15, 0.2) is 0 Å². The molecule has 29 heavy (non-hydrogen) atoms. The highest BCUT2D eigenvalue weighted by Gasteiger charge is 2.15. The van der Waals surface area contributed by atoms with Crippen molar-refractivity contribution in [1.82, 2.24) is 4.57 Å². The van der Waals surface area contributed by atoms with E-state index in [2.05, 4.69) is 89.5 Å². The van der Waals surface area contributed by atoms with Gasteiger partial charge < -0.3 is 0 Å². The molecule has 0 saturated carbocycles. The van der Waals surface area contributed by atoms with Crippen molar-refractivity contribution in [1.29, 1.82) is 0 Å². The Morgan fingerprint density at radius 1 is 0.690 bits per heavy atom. The highest BCUT2D eigenvalue weighted by atomic mass is 32.1. The van der Waals surface area contributed by atoms with E-state index in [1.54, 1.807) is 0 Å². The maximum atomic E-state index is 4.79. The summed E-state index contributed by atoms with van der Waals surface area (Å²) in [6, 6.07) is 32.2. The first-order chi connectivity index (χ1) is 14.4. The standard InChI is InChI=1S/C26H18N2S/c1-2-8-18(9-3-1)16-27-17-28-23-12-6-4-10-19(23)21-14-15-22-20-11-5-7-13-24(20)29-26(22)25(21)28/h1-15,17H,16H2/b27-17+. The van der Waals surface area contributed by atoms with Crippen LogP contribution < -0.4 is 0 Å². The molecule has 2 aromatic heterocycles. The average molecular weight is 391 g/mol. The second-order valence-corrected chi connectivity index (χ2v) is 8.32. The van der Waals surface area contributed by atoms with Crippen LogP contribution >= 0.6 is 11.3 Å². The molecule has 4 aromatic carbocycles. The van der Waals surface area contributed by atoms with Crippen LogP contribution in [0, 0.1) is 0 Å². The summed E-state index contributed by atoms with van der Waals surface area (Å²) in [5.74, 6) is 0. The Hall–Kier alpha value is -3.43. The molecule has 0 amide bonds. The molecule has 2 heterocycles. The Morgan fingerprint density at radius 2 is 1.41 bits per heavy atom. The third-order valence-electron chi connectivity index (χ3n) is 5.53. The van der Waals surface area contributed by atoms with Gasteiger partial charge in [0, 0.05) is 26.2 Å². The number of rotatable bonds is 3. The third-order valence-corrected chi connectivity index (χ3v) is 6.72. The third kappa shape index (κ3) is 2.59. The Morgan fingerprint density at radius 3 is 2.31 bits per heavy atom. The van der Waals surface area contributed by atoms with Crippen LogP contribution in [0.5, 0.6) is 0 Å². The second kappa shape index (κ2) is 6.57. The van der Waals surface area contributed by atoms with Crippen molar-refractivity contribution in [3.8, 4) is 0 Å². The van der Waals surface area contributed by atoms with E-state index in [0.717, 1.165) is 0 Å². The average Bonchev–Trinajstić information content (AvgIpc) is 3.31. The van der Waals surface area contributed by atoms with Gasteiger partial charge >= 0.3 is 0 Å². The van der Waals surface area contributed by atoms with Gasteiger partial charge in [0.05, 0.1) is 28.6 Å². The largest absolute Gasteiger partial charge is 0.299 e. The summed E-state index contributed by atoms with van der Waals surface area (Å²) in [4.78, 5) is 4.79. The lowest BCUT2D eigenvalue weighted by molar-refractivity contribution is 1.06. The topological polar surface area (TPSA) is 17.3 Å². The molecule has 0 unspecified atom stereocenters. The number of hydrogen-bond acceptors (Lipinski definition) is 2. The van der Waals surface area contributed by atoms with Crippen LogP contribution in [0.2, 0.25) is 0 Å². The number of nitrogens with zero attached hydrogens (tertiary/aromatic N) is 2. The van der Waals surface area contributed by atoms with Crippen molar-refractivity contribution in [2.24, 2.45) is 4.99 Å². The molecular formula is C26H18N2S. The van der Waals surface area contributed by atoms with Gasteiger partial charge in [-0.05, 0) is 17.7 Å². The highest BCUT2D eigenvalue weighted by Crippen LogP contribution is 2.41. The molecule has 0 aliphatic rings. The molecular weight excluding hydrogens is 372 g/mol. The van der Waals surface area contributed by atoms with E-state index in [1.165, 1.54) is 47.5 Å². The fraction of sp³-hybridized carbons (Fsp3) is 0.0385. The lowest BCUT2D eigenvalue weighted by atomic mass is 10.1. The fourth-order valence-corrected chi connectivity index (χ4v) is 5.44. The first-order valence-corrected chi connectivity index (χ1v) is 10.6. The van der Waals surface area contributed by atoms with Crippen molar-refractivity contribution in [3.05, 3.63) is 96.6 Å². The zero-order chi connectivity index (χ0) is 19.2. The lowest BCUT2D eigenvalue weighted by Gasteiger charge is -2.02. The SMILES string of the molecule is C(=N\Cc1ccccc1)/n1c2ccccc2c2ccc3c4ccccc4sc3c21. The zero-order valence-corrected chi connectivity index (χ0v) is 16.6. The molecule has 0 radical (unpaired) electrons. The molecule has 0 N–H and O–H groups in total. The summed E-state index contributed by atoms with van der Waals surface area (Å²) < 4.78 is 4.92. The molecule has 6 aromatic rings. The van der Waals surface area contributed by atoms with Crippen molar-refractivity contribution < 1.29 is 0 Å². The van der Waals surface area contributed by atoms with E-state index in [1.807, 2.05) is 23.7 Å². The number of benzene rings is 4. The summed E-state index contributed by atoms with van der Waals surface area (Å²) in [5, 5.41) is 5.20. The Balaban J connectivity index is 1.64. The molecule has 0 aliphatic carbocycles. The van der Waals surface area contributed by atoms with Crippen molar-refractivity contribution in [2.75, 3.05) is 0 Å². The molecule has 0 spiro atoms. The first kappa shape index (κ1) is 16.5. The van der Waals surface area contributed by atoms with E-state index < -0.39 is 0 Å². The monoisotopic (exact) mass is 390 g/mol. The summed E-state index contributed by atoms with van der Waals surface area (Å²) in [6.45, 7) is 0.678. The van der Waals surface area contributed by atoms with Gasteiger partial charge in [0.25, 0.3) is 0 Å². The predicted molar refractivity (Wildman–Crippen MR) is 126 cm³/mol. The van der Waals surface area contributed by atoms with E-state index in [9.17, 15) is 0 Å². The number of aliphatic imine (C=N–C) groups is 1. The van der Waals surface area contributed by atoms with Crippen molar-refractivity contribution >= 4 is 59.7 Å². The first-order valence-electron chi connectivity index (χ1n) is 9.77. The Kier molecular flexibility index (Phi) is 3.74. The summed E-state index contributed by atoms with van der Waals surface area (Å²) >= 11 is 1.87. The minimum Gasteiger partial charge on any atom is -0.299 e. The van der Waals surface area contributed by atoms with Crippen LogP contribution in [0.4, 0.5) is 0 Å². The highest BCUT2D eigenvalue weighted by molar-refractivity contribution is 7.26. The summed E-state index contributed by atoms with van der Waals surface area (Å²) in [7, 11) is 0. The summed E-state index contributed by atoms with van der Waals surface area (Å²) in [5.41, 5.74) is 3.67. The minimum atomic E-state index is 0.678. The normalized spacial score (nSPS) is 12.1. The van der Waals surface area contributed by atoms with Crippen LogP contribution in [0.25, 0.3) is 42.0 Å². The zero-order valence-electron chi connectivity index (χ0n) is 15.7. The maximum Gasteiger partial charge on any atom is 0.0945 e. The van der Waals surface area contributed by atoms with E-state index in [-0.39, 0.29) is 0 Å². The number of fused-ring (bicyclic) bond motifs is 7. The van der Waals surface area contributed by atoms with E-state index in [4.69, 9.17) is 4.99 Å². The quantitative estimate of drug-likeness (QED) is 0.224. The smallest absolute Gasteiger partial charge is 0.0945 e. The Labute approximate surface area is 172 Å². The second-order valence-electron chi connectivity index (χ2n) is 7.27. The number of aromatic nitrogens is 1. The lowest BCUT2D eigenvalue weighted by Crippen LogP contribution is -1.95. The van der Waals surface area contributed by atoms with Crippen molar-refractivity contribution in [2.45, 2.75) is 6.54 Å². The Bertz CT molecular complexity index is 1520. The van der Waals surface area contributed by atoms with Crippen LogP contribution in [0.1, 0.15) is 5.56 Å². The van der Waals surface area contributed by atoms with E-state index in [0.29, 0.717) is 6.54 Å². The fourth-order valence-electron chi connectivity index (χ4n) is 4.19. The number of hydrogen-bond donors (Lipinski definition) is 0. The van der Waals surface area contributed by atoms with Gasteiger partial charge in [0.2, 0.25) is 0 Å². The molecule has 0 fully saturated rings. The number of para-hydroxylation sites is 1. The van der Waals surface area contributed by atoms with Gasteiger partial charge in [-0.25, -0.2) is 0 Å². The molecule has 6 rings (SSSR count). The van der Waals surface area contributed by atoms with Gasteiger partial charge in [-0.2, -0.15) is 0 Å². The predicted octanol–water partition coefficient (Wildman–Crippen LogP) is 7.24. The molecule has 0 saturated heterocycles. The molecule has 138 valence electrons. The van der Waals surface area contributed by atoms with Crippen LogP contribution in [-0.2, 0) is 6.54 Å². The van der Waals surface area contributed by atoms with E-state index >= 15 is 0 Å². The molecule has 2 nitrogen and oxygen atoms in total. The number of thiophene rings is 1. The van der Waals surface area contributed by atoms with Gasteiger partial charge in [-0.3, -0.25) is 9.56 Å². The molecule has 3 heteroatoms. The summed E-state index contributed by atoms with van der Waals surface area (Å²) in [6.07, 6.45) is 2.00. The van der Waals surface area contributed by atoms with Crippen molar-refractivity contribution in [3.63, 3.8) is 0 Å².